The average Bonchev–Trinajstić information content (AvgIpc) is 3.37. The van der Waals surface area contributed by atoms with Gasteiger partial charge in [0.2, 0.25) is 5.91 Å². The molecule has 414 valence electrons. The van der Waals surface area contributed by atoms with Crippen molar-refractivity contribution in [2.24, 2.45) is 0 Å². The first-order valence-corrected chi connectivity index (χ1v) is 29.4. The summed E-state index contributed by atoms with van der Waals surface area (Å²) in [5, 5.41) is 54.1. The molecular formula is C60H109NO10. The Bertz CT molecular complexity index is 1320. The fourth-order valence-corrected chi connectivity index (χ4v) is 8.95. The molecule has 1 aliphatic heterocycles. The van der Waals surface area contributed by atoms with E-state index in [2.05, 4.69) is 55.6 Å². The number of amides is 1. The third-order valence-corrected chi connectivity index (χ3v) is 13.7. The molecule has 0 bridgehead atoms. The van der Waals surface area contributed by atoms with Crippen molar-refractivity contribution in [3.63, 3.8) is 0 Å². The SMILES string of the molecule is CCCCC/C=C/CC/C=C/C(O)C(COC1OC(CO)C(O)C(O)C1O)NC(=O)CCCCCCCCC/C=C\C/C=C\CCCCCCCCCCCOC(=O)CCCCCCCCCCCCC. The molecule has 7 unspecified atom stereocenters. The number of aliphatic hydroxyl groups excluding tert-OH is 5. The predicted octanol–water partition coefficient (Wildman–Crippen LogP) is 13.3. The molecule has 1 aliphatic rings. The third-order valence-electron chi connectivity index (χ3n) is 13.7. The lowest BCUT2D eigenvalue weighted by molar-refractivity contribution is -0.302. The predicted molar refractivity (Wildman–Crippen MR) is 292 cm³/mol. The summed E-state index contributed by atoms with van der Waals surface area (Å²) in [7, 11) is 0. The Labute approximate surface area is 434 Å². The molecule has 0 aliphatic carbocycles. The van der Waals surface area contributed by atoms with Gasteiger partial charge in [-0.25, -0.2) is 0 Å². The van der Waals surface area contributed by atoms with Gasteiger partial charge < -0.3 is 45.1 Å². The van der Waals surface area contributed by atoms with Crippen molar-refractivity contribution in [1.82, 2.24) is 5.32 Å². The van der Waals surface area contributed by atoms with Crippen LogP contribution in [0.3, 0.4) is 0 Å². The van der Waals surface area contributed by atoms with Crippen molar-refractivity contribution in [1.29, 1.82) is 0 Å². The summed E-state index contributed by atoms with van der Waals surface area (Å²) >= 11 is 0. The van der Waals surface area contributed by atoms with Crippen LogP contribution in [0.15, 0.2) is 48.6 Å². The van der Waals surface area contributed by atoms with E-state index in [-0.39, 0.29) is 18.5 Å². The van der Waals surface area contributed by atoms with Crippen LogP contribution in [0.2, 0.25) is 0 Å². The summed E-state index contributed by atoms with van der Waals surface area (Å²) in [5.41, 5.74) is 0. The van der Waals surface area contributed by atoms with E-state index in [0.717, 1.165) is 83.5 Å². The Hall–Kier alpha value is -2.38. The molecule has 1 amide bonds. The van der Waals surface area contributed by atoms with Crippen LogP contribution in [0.5, 0.6) is 0 Å². The summed E-state index contributed by atoms with van der Waals surface area (Å²) < 4.78 is 16.6. The minimum atomic E-state index is -1.58. The number of unbranched alkanes of at least 4 members (excludes halogenated alkanes) is 30. The van der Waals surface area contributed by atoms with Gasteiger partial charge in [0.05, 0.1) is 32.0 Å². The molecule has 1 saturated heterocycles. The highest BCUT2D eigenvalue weighted by Crippen LogP contribution is 2.23. The van der Waals surface area contributed by atoms with E-state index < -0.39 is 49.5 Å². The molecule has 1 heterocycles. The first-order chi connectivity index (χ1) is 34.7. The Morgan fingerprint density at radius 1 is 0.521 bits per heavy atom. The number of rotatable bonds is 50. The fraction of sp³-hybridized carbons (Fsp3) is 0.833. The van der Waals surface area contributed by atoms with Gasteiger partial charge in [0, 0.05) is 12.8 Å². The number of nitrogens with one attached hydrogen (secondary N) is 1. The zero-order chi connectivity index (χ0) is 51.7. The van der Waals surface area contributed by atoms with Crippen molar-refractivity contribution in [2.45, 2.75) is 301 Å². The Kier molecular flexibility index (Phi) is 46.7. The highest BCUT2D eigenvalue weighted by atomic mass is 16.7. The van der Waals surface area contributed by atoms with Gasteiger partial charge in [-0.15, -0.1) is 0 Å². The van der Waals surface area contributed by atoms with Crippen LogP contribution in [0.1, 0.15) is 258 Å². The smallest absolute Gasteiger partial charge is 0.305 e. The third kappa shape index (κ3) is 39.7. The van der Waals surface area contributed by atoms with E-state index in [1.807, 2.05) is 6.08 Å². The van der Waals surface area contributed by atoms with Crippen molar-refractivity contribution in [3.05, 3.63) is 48.6 Å². The highest BCUT2D eigenvalue weighted by Gasteiger charge is 2.44. The van der Waals surface area contributed by atoms with Crippen LogP contribution in [0, 0.1) is 0 Å². The Morgan fingerprint density at radius 3 is 1.51 bits per heavy atom. The minimum absolute atomic E-state index is 0.00619. The lowest BCUT2D eigenvalue weighted by Gasteiger charge is -2.40. The second-order valence-corrected chi connectivity index (χ2v) is 20.3. The van der Waals surface area contributed by atoms with Gasteiger partial charge in [0.25, 0.3) is 0 Å². The molecule has 11 nitrogen and oxygen atoms in total. The zero-order valence-electron chi connectivity index (χ0n) is 45.4. The first-order valence-electron chi connectivity index (χ1n) is 29.4. The number of hydrogen-bond donors (Lipinski definition) is 6. The van der Waals surface area contributed by atoms with Crippen molar-refractivity contribution >= 4 is 11.9 Å². The van der Waals surface area contributed by atoms with Crippen LogP contribution in [0.25, 0.3) is 0 Å². The number of carbonyl (C=O) groups is 2. The van der Waals surface area contributed by atoms with Gasteiger partial charge in [0.15, 0.2) is 6.29 Å². The molecule has 7 atom stereocenters. The molecule has 1 rings (SSSR count). The van der Waals surface area contributed by atoms with E-state index in [1.54, 1.807) is 6.08 Å². The highest BCUT2D eigenvalue weighted by molar-refractivity contribution is 5.76. The number of allylic oxidation sites excluding steroid dienone is 7. The minimum Gasteiger partial charge on any atom is -0.466 e. The molecule has 0 saturated carbocycles. The summed E-state index contributed by atoms with van der Waals surface area (Å²) in [6, 6.07) is -0.834. The molecule has 1 fully saturated rings. The van der Waals surface area contributed by atoms with Crippen LogP contribution < -0.4 is 5.32 Å². The van der Waals surface area contributed by atoms with Gasteiger partial charge in [0.1, 0.15) is 24.4 Å². The normalized spacial score (nSPS) is 19.5. The molecular weight excluding hydrogens is 895 g/mol. The zero-order valence-corrected chi connectivity index (χ0v) is 45.4. The van der Waals surface area contributed by atoms with Crippen molar-refractivity contribution in [3.8, 4) is 0 Å². The average molecular weight is 1000 g/mol. The van der Waals surface area contributed by atoms with Crippen LogP contribution in [-0.2, 0) is 23.8 Å². The quantitative estimate of drug-likeness (QED) is 0.0195. The van der Waals surface area contributed by atoms with Gasteiger partial charge in [-0.2, -0.15) is 0 Å². The van der Waals surface area contributed by atoms with Gasteiger partial charge in [-0.05, 0) is 77.0 Å². The monoisotopic (exact) mass is 1000 g/mol. The first kappa shape index (κ1) is 66.6. The van der Waals surface area contributed by atoms with Gasteiger partial charge in [-0.1, -0.05) is 217 Å². The van der Waals surface area contributed by atoms with E-state index in [0.29, 0.717) is 19.4 Å². The lowest BCUT2D eigenvalue weighted by Crippen LogP contribution is -2.60. The van der Waals surface area contributed by atoms with Crippen LogP contribution in [0.4, 0.5) is 0 Å². The molecule has 0 radical (unpaired) electrons. The summed E-state index contributed by atoms with van der Waals surface area (Å²) in [6.07, 6.45) is 52.2. The van der Waals surface area contributed by atoms with E-state index >= 15 is 0 Å². The number of aliphatic hydroxyl groups is 5. The van der Waals surface area contributed by atoms with Gasteiger partial charge >= 0.3 is 5.97 Å². The Balaban J connectivity index is 2.05. The maximum absolute atomic E-state index is 13.0. The standard InChI is InChI=1S/C60H109NO10/c1-3-5-7-9-11-13-27-32-36-40-44-48-56(65)69-49-45-41-37-33-29-26-24-22-20-18-16-14-15-17-19-21-23-25-28-31-35-39-43-47-55(64)61-52(53(63)46-42-38-34-30-12-10-8-6-4-2)51-70-60-59(68)58(67)57(66)54(50-62)71-60/h12,14,16-17,19,30,42,46,52-54,57-60,62-63,66-68H,3-11,13,15,18,20-29,31-41,43-45,47-51H2,1-2H3,(H,61,64)/b16-14-,19-17-,30-12+,46-42+. The second kappa shape index (κ2) is 49.8. The van der Waals surface area contributed by atoms with E-state index in [1.165, 1.54) is 148 Å². The molecule has 0 aromatic heterocycles. The number of ether oxygens (including phenoxy) is 3. The molecule has 0 spiro atoms. The van der Waals surface area contributed by atoms with E-state index in [4.69, 9.17) is 14.2 Å². The molecule has 6 N–H and O–H groups in total. The molecule has 0 aromatic carbocycles. The van der Waals surface area contributed by atoms with Crippen LogP contribution >= 0.6 is 0 Å². The fourth-order valence-electron chi connectivity index (χ4n) is 8.95. The molecule has 11 heteroatoms. The number of esters is 1. The van der Waals surface area contributed by atoms with E-state index in [9.17, 15) is 35.1 Å². The number of hydrogen-bond acceptors (Lipinski definition) is 10. The number of carbonyl (C=O) groups excluding carboxylic acids is 2. The topological polar surface area (TPSA) is 175 Å². The largest absolute Gasteiger partial charge is 0.466 e. The summed E-state index contributed by atoms with van der Waals surface area (Å²) in [6.45, 7) is 4.25. The van der Waals surface area contributed by atoms with Crippen molar-refractivity contribution in [2.75, 3.05) is 19.8 Å². The molecule has 0 aromatic rings. The maximum atomic E-state index is 13.0. The maximum Gasteiger partial charge on any atom is 0.305 e. The lowest BCUT2D eigenvalue weighted by atomic mass is 9.99. The summed E-state index contributed by atoms with van der Waals surface area (Å²) in [5.74, 6) is -0.212. The van der Waals surface area contributed by atoms with Crippen LogP contribution in [-0.4, -0.2) is 100 Å². The summed E-state index contributed by atoms with van der Waals surface area (Å²) in [4.78, 5) is 25.0. The van der Waals surface area contributed by atoms with Crippen molar-refractivity contribution < 1.29 is 49.3 Å². The second-order valence-electron chi connectivity index (χ2n) is 20.3. The van der Waals surface area contributed by atoms with Gasteiger partial charge in [-0.3, -0.25) is 9.59 Å². The molecule has 71 heavy (non-hydrogen) atoms. The Morgan fingerprint density at radius 2 is 0.958 bits per heavy atom.